The number of carbonyl (C=O) groups excluding carboxylic acids is 1. The third-order valence-electron chi connectivity index (χ3n) is 5.67. The molecule has 1 N–H and O–H groups in total. The molecule has 8 nitrogen and oxygen atoms in total. The lowest BCUT2D eigenvalue weighted by Gasteiger charge is -2.32. The summed E-state index contributed by atoms with van der Waals surface area (Å²) < 4.78 is 31.7. The highest BCUT2D eigenvalue weighted by molar-refractivity contribution is 7.89. The van der Waals surface area contributed by atoms with Gasteiger partial charge in [-0.3, -0.25) is 4.79 Å². The van der Waals surface area contributed by atoms with Gasteiger partial charge >= 0.3 is 0 Å². The normalized spacial score (nSPS) is 17.3. The van der Waals surface area contributed by atoms with Gasteiger partial charge in [0.15, 0.2) is 0 Å². The fourth-order valence-corrected chi connectivity index (χ4v) is 5.02. The van der Waals surface area contributed by atoms with Crippen LogP contribution in [0.5, 0.6) is 5.75 Å². The molecule has 1 aliphatic rings. The number of hydrogen-bond acceptors (Lipinski definition) is 5. The summed E-state index contributed by atoms with van der Waals surface area (Å²) in [6.45, 7) is 1.15. The molecule has 164 valence electrons. The molecule has 3 aromatic rings. The number of benzene rings is 2. The van der Waals surface area contributed by atoms with Crippen LogP contribution in [0.4, 0.5) is 0 Å². The van der Waals surface area contributed by atoms with E-state index in [1.807, 2.05) is 24.3 Å². The Hall–Kier alpha value is -2.91. The largest absolute Gasteiger partial charge is 0.495 e. The number of para-hydroxylation sites is 2. The van der Waals surface area contributed by atoms with Crippen molar-refractivity contribution >= 4 is 27.0 Å². The second kappa shape index (κ2) is 8.32. The zero-order valence-electron chi connectivity index (χ0n) is 17.8. The lowest BCUT2D eigenvalue weighted by molar-refractivity contribution is 0.0704. The smallest absolute Gasteiger partial charge is 0.253 e. The predicted octanol–water partition coefficient (Wildman–Crippen LogP) is 2.84. The molecular formula is C22H26N4O4S. The maximum atomic E-state index is 13.2. The first-order valence-electron chi connectivity index (χ1n) is 10.2. The van der Waals surface area contributed by atoms with E-state index in [4.69, 9.17) is 9.72 Å². The number of imidazole rings is 1. The first-order valence-corrected chi connectivity index (χ1v) is 11.6. The average molecular weight is 443 g/mol. The van der Waals surface area contributed by atoms with Gasteiger partial charge in [0.05, 0.1) is 18.1 Å². The number of H-pyrrole nitrogens is 1. The number of nitrogens with zero attached hydrogens (tertiary/aromatic N) is 3. The first kappa shape index (κ1) is 21.3. The van der Waals surface area contributed by atoms with Crippen LogP contribution in [-0.2, 0) is 10.0 Å². The number of aromatic nitrogens is 2. The van der Waals surface area contributed by atoms with Gasteiger partial charge in [0.1, 0.15) is 16.5 Å². The third-order valence-corrected chi connectivity index (χ3v) is 7.51. The number of nitrogens with one attached hydrogen (secondary N) is 1. The van der Waals surface area contributed by atoms with E-state index in [0.717, 1.165) is 34.0 Å². The van der Waals surface area contributed by atoms with Crippen LogP contribution in [0.25, 0.3) is 11.0 Å². The molecule has 0 aliphatic carbocycles. The molecule has 0 saturated carbocycles. The van der Waals surface area contributed by atoms with E-state index in [2.05, 4.69) is 4.98 Å². The van der Waals surface area contributed by atoms with Crippen LogP contribution in [-0.4, -0.2) is 67.8 Å². The van der Waals surface area contributed by atoms with Gasteiger partial charge in [-0.15, -0.1) is 0 Å². The minimum atomic E-state index is -3.75. The summed E-state index contributed by atoms with van der Waals surface area (Å²) in [4.78, 5) is 23.1. The molecule has 31 heavy (non-hydrogen) atoms. The maximum Gasteiger partial charge on any atom is 0.253 e. The van der Waals surface area contributed by atoms with Crippen LogP contribution in [0.1, 0.15) is 34.9 Å². The number of sulfonamides is 1. The van der Waals surface area contributed by atoms with Crippen LogP contribution in [0.2, 0.25) is 0 Å². The van der Waals surface area contributed by atoms with E-state index < -0.39 is 10.0 Å². The van der Waals surface area contributed by atoms with E-state index in [1.54, 1.807) is 11.0 Å². The molecule has 0 radical (unpaired) electrons. The van der Waals surface area contributed by atoms with Crippen molar-refractivity contribution in [1.82, 2.24) is 19.2 Å². The number of fused-ring (bicyclic) bond motifs is 1. The summed E-state index contributed by atoms with van der Waals surface area (Å²) in [7, 11) is 0.559. The Kier molecular flexibility index (Phi) is 5.72. The Labute approximate surface area is 181 Å². The van der Waals surface area contributed by atoms with Crippen molar-refractivity contribution in [2.45, 2.75) is 23.7 Å². The Bertz CT molecular complexity index is 1190. The Morgan fingerprint density at radius 2 is 2.00 bits per heavy atom. The van der Waals surface area contributed by atoms with Crippen LogP contribution >= 0.6 is 0 Å². The lowest BCUT2D eigenvalue weighted by Crippen LogP contribution is -2.39. The number of likely N-dealkylation sites (tertiary alicyclic amines) is 1. The van der Waals surface area contributed by atoms with Crippen molar-refractivity contribution in [1.29, 1.82) is 0 Å². The van der Waals surface area contributed by atoms with Crippen LogP contribution in [0.15, 0.2) is 47.4 Å². The summed E-state index contributed by atoms with van der Waals surface area (Å²) in [6, 6.07) is 12.4. The highest BCUT2D eigenvalue weighted by atomic mass is 32.2. The molecule has 1 atom stereocenters. The van der Waals surface area contributed by atoms with Crippen LogP contribution in [0, 0.1) is 0 Å². The summed E-state index contributed by atoms with van der Waals surface area (Å²) in [5.74, 6) is 1.00. The van der Waals surface area contributed by atoms with Crippen molar-refractivity contribution in [3.05, 3.63) is 53.9 Å². The van der Waals surface area contributed by atoms with Crippen molar-refractivity contribution in [3.63, 3.8) is 0 Å². The SMILES string of the molecule is COc1ccc(C(=O)N2CCCC(c3nc4ccccc4[nH]3)C2)cc1S(=O)(=O)N(C)C. The number of amides is 1. The molecule has 2 aromatic carbocycles. The predicted molar refractivity (Wildman–Crippen MR) is 118 cm³/mol. The molecule has 1 fully saturated rings. The Morgan fingerprint density at radius 1 is 1.23 bits per heavy atom. The highest BCUT2D eigenvalue weighted by Gasteiger charge is 2.29. The quantitative estimate of drug-likeness (QED) is 0.656. The van der Waals surface area contributed by atoms with Gasteiger partial charge in [-0.05, 0) is 43.2 Å². The van der Waals surface area contributed by atoms with Crippen LogP contribution in [0.3, 0.4) is 0 Å². The second-order valence-electron chi connectivity index (χ2n) is 7.88. The van der Waals surface area contributed by atoms with Gasteiger partial charge in [-0.1, -0.05) is 12.1 Å². The number of rotatable bonds is 5. The van der Waals surface area contributed by atoms with Crippen LogP contribution < -0.4 is 4.74 Å². The highest BCUT2D eigenvalue weighted by Crippen LogP contribution is 2.30. The number of hydrogen-bond donors (Lipinski definition) is 1. The van der Waals surface area contributed by atoms with Gasteiger partial charge in [0.25, 0.3) is 5.91 Å². The van der Waals surface area contributed by atoms with Crippen molar-refractivity contribution in [3.8, 4) is 5.75 Å². The molecule has 9 heteroatoms. The fraction of sp³-hybridized carbons (Fsp3) is 0.364. The minimum Gasteiger partial charge on any atom is -0.495 e. The Balaban J connectivity index is 1.60. The van der Waals surface area contributed by atoms with E-state index in [-0.39, 0.29) is 22.5 Å². The van der Waals surface area contributed by atoms with Crippen molar-refractivity contribution < 1.29 is 17.9 Å². The van der Waals surface area contributed by atoms with E-state index in [9.17, 15) is 13.2 Å². The summed E-state index contributed by atoms with van der Waals surface area (Å²) in [5, 5.41) is 0. The zero-order valence-corrected chi connectivity index (χ0v) is 18.6. The summed E-state index contributed by atoms with van der Waals surface area (Å²) >= 11 is 0. The monoisotopic (exact) mass is 442 g/mol. The maximum absolute atomic E-state index is 13.2. The number of methoxy groups -OCH3 is 1. The van der Waals surface area contributed by atoms with Gasteiger partial charge in [0.2, 0.25) is 10.0 Å². The minimum absolute atomic E-state index is 0.0170. The summed E-state index contributed by atoms with van der Waals surface area (Å²) in [6.07, 6.45) is 1.79. The molecule has 1 saturated heterocycles. The van der Waals surface area contributed by atoms with Crippen molar-refractivity contribution in [2.75, 3.05) is 34.3 Å². The lowest BCUT2D eigenvalue weighted by atomic mass is 9.96. The molecule has 0 bridgehead atoms. The van der Waals surface area contributed by atoms with Gasteiger partial charge in [-0.25, -0.2) is 17.7 Å². The first-order chi connectivity index (χ1) is 14.8. The Morgan fingerprint density at radius 3 is 2.71 bits per heavy atom. The van der Waals surface area contributed by atoms with Gasteiger partial charge in [-0.2, -0.15) is 0 Å². The summed E-state index contributed by atoms with van der Waals surface area (Å²) in [5.41, 5.74) is 2.22. The fourth-order valence-electron chi connectivity index (χ4n) is 3.94. The molecule has 2 heterocycles. The van der Waals surface area contributed by atoms with E-state index in [1.165, 1.54) is 33.3 Å². The number of piperidine rings is 1. The number of aromatic amines is 1. The molecule has 1 unspecified atom stereocenters. The average Bonchev–Trinajstić information content (AvgIpc) is 3.22. The van der Waals surface area contributed by atoms with Crippen molar-refractivity contribution in [2.24, 2.45) is 0 Å². The van der Waals surface area contributed by atoms with E-state index >= 15 is 0 Å². The topological polar surface area (TPSA) is 95.6 Å². The van der Waals surface area contributed by atoms with Gasteiger partial charge < -0.3 is 14.6 Å². The molecule has 4 rings (SSSR count). The number of ether oxygens (including phenoxy) is 1. The zero-order chi connectivity index (χ0) is 22.2. The molecular weight excluding hydrogens is 416 g/mol. The molecule has 1 aromatic heterocycles. The number of carbonyl (C=O) groups is 1. The molecule has 1 amide bonds. The standard InChI is InChI=1S/C22H26N4O4S/c1-25(2)31(28,29)20-13-15(10-11-19(20)30-3)22(27)26-12-6-7-16(14-26)21-23-17-8-4-5-9-18(17)24-21/h4-5,8-11,13,16H,6-7,12,14H2,1-3H3,(H,23,24). The van der Waals surface area contributed by atoms with Gasteiger partial charge in [0, 0.05) is 38.7 Å². The molecule has 1 aliphatic heterocycles. The van der Waals surface area contributed by atoms with E-state index in [0.29, 0.717) is 18.7 Å². The second-order valence-corrected chi connectivity index (χ2v) is 10.0. The third kappa shape index (κ3) is 4.03. The molecule has 0 spiro atoms.